The van der Waals surface area contributed by atoms with Gasteiger partial charge in [0, 0.05) is 22.4 Å². The van der Waals surface area contributed by atoms with Crippen molar-refractivity contribution in [2.24, 2.45) is 0 Å². The van der Waals surface area contributed by atoms with Gasteiger partial charge in [-0.3, -0.25) is 9.88 Å². The second-order valence-electron chi connectivity index (χ2n) is 6.20. The lowest BCUT2D eigenvalue weighted by Gasteiger charge is -2.22. The van der Waals surface area contributed by atoms with Crippen LogP contribution in [0.3, 0.4) is 0 Å². The molecule has 0 aliphatic carbocycles. The summed E-state index contributed by atoms with van der Waals surface area (Å²) in [6.45, 7) is 0.234. The number of amides is 1. The number of hydrogen-bond donors (Lipinski definition) is 1. The molecule has 1 aromatic carbocycles. The minimum Gasteiger partial charge on any atom is -0.442 e. The Kier molecular flexibility index (Phi) is 4.77. The molecule has 1 aliphatic rings. The molecule has 1 aliphatic heterocycles. The third kappa shape index (κ3) is 4.13. The van der Waals surface area contributed by atoms with Crippen molar-refractivity contribution in [3.05, 3.63) is 64.9 Å². The van der Waals surface area contributed by atoms with Gasteiger partial charge in [0.25, 0.3) is 0 Å². The van der Waals surface area contributed by atoms with Crippen molar-refractivity contribution < 1.29 is 23.6 Å². The van der Waals surface area contributed by atoms with Crippen LogP contribution in [0, 0.1) is 16.1 Å². The lowest BCUT2D eigenvalue weighted by atomic mass is 10.1. The number of nitrogens with zero attached hydrogens (tertiary/aromatic N) is 4. The van der Waals surface area contributed by atoms with Gasteiger partial charge in [0.15, 0.2) is 6.10 Å². The summed E-state index contributed by atoms with van der Waals surface area (Å²) < 4.78 is 24.9. The molecule has 0 fully saturated rings. The molecular formula is C18H14FN5O5. The summed E-state index contributed by atoms with van der Waals surface area (Å²) in [5.74, 6) is -0.888. The summed E-state index contributed by atoms with van der Waals surface area (Å²) >= 11 is 0. The summed E-state index contributed by atoms with van der Waals surface area (Å²) in [5.41, 5.74) is 2.06. The van der Waals surface area contributed by atoms with E-state index in [1.807, 2.05) is 0 Å². The molecule has 1 N–H and O–H groups in total. The third-order valence-electron chi connectivity index (χ3n) is 4.18. The number of rotatable bonds is 4. The molecule has 0 saturated heterocycles. The number of halogens is 1. The van der Waals surface area contributed by atoms with Gasteiger partial charge in [-0.15, -0.1) is 0 Å². The monoisotopic (exact) mass is 399 g/mol. The van der Waals surface area contributed by atoms with Crippen LogP contribution in [0.5, 0.6) is 6.01 Å². The summed E-state index contributed by atoms with van der Waals surface area (Å²) in [7, 11) is 0. The zero-order valence-corrected chi connectivity index (χ0v) is 14.8. The Balaban J connectivity index is 1.35. The first kappa shape index (κ1) is 18.3. The van der Waals surface area contributed by atoms with Gasteiger partial charge in [-0.1, -0.05) is 12.1 Å². The number of ether oxygens (including phenoxy) is 2. The molecular weight excluding hydrogens is 385 g/mol. The lowest BCUT2D eigenvalue weighted by molar-refractivity contribution is -0.389. The van der Waals surface area contributed by atoms with Crippen molar-refractivity contribution in [1.82, 2.24) is 14.5 Å². The summed E-state index contributed by atoms with van der Waals surface area (Å²) in [4.78, 5) is 29.6. The maximum Gasteiger partial charge on any atom is 0.414 e. The first-order valence-electron chi connectivity index (χ1n) is 8.52. The first-order valence-corrected chi connectivity index (χ1v) is 8.52. The lowest BCUT2D eigenvalue weighted by Crippen LogP contribution is -2.35. The van der Waals surface area contributed by atoms with Gasteiger partial charge >= 0.3 is 17.9 Å². The van der Waals surface area contributed by atoms with Gasteiger partial charge in [-0.2, -0.15) is 4.39 Å². The number of nitro groups is 1. The zero-order valence-electron chi connectivity index (χ0n) is 14.8. The number of anilines is 1. The van der Waals surface area contributed by atoms with E-state index >= 15 is 0 Å². The summed E-state index contributed by atoms with van der Waals surface area (Å²) in [6.07, 6.45) is 1.34. The molecule has 0 spiro atoms. The van der Waals surface area contributed by atoms with Crippen LogP contribution in [-0.2, 0) is 11.3 Å². The standard InChI is InChI=1S/C18H14FN5O5/c19-15-6-3-12(7-20-15)11-1-4-13(5-2-11)21-18(25)29-14-8-23-9-16(24(26)27)22-17(23)28-10-14/h1-7,9,14H,8,10H2,(H,21,25)/t14-/m0/s1. The molecule has 1 atom stereocenters. The number of carbonyl (C=O) groups is 1. The fourth-order valence-corrected chi connectivity index (χ4v) is 2.82. The average molecular weight is 399 g/mol. The first-order chi connectivity index (χ1) is 14.0. The van der Waals surface area contributed by atoms with E-state index in [0.717, 1.165) is 11.1 Å². The molecule has 0 saturated carbocycles. The van der Waals surface area contributed by atoms with Gasteiger partial charge in [0.2, 0.25) is 5.95 Å². The average Bonchev–Trinajstić information content (AvgIpc) is 3.13. The number of aromatic nitrogens is 3. The Morgan fingerprint density at radius 1 is 1.28 bits per heavy atom. The van der Waals surface area contributed by atoms with Crippen LogP contribution in [0.15, 0.2) is 48.8 Å². The fourth-order valence-electron chi connectivity index (χ4n) is 2.82. The van der Waals surface area contributed by atoms with Crippen LogP contribution < -0.4 is 10.1 Å². The smallest absolute Gasteiger partial charge is 0.414 e. The van der Waals surface area contributed by atoms with E-state index in [0.29, 0.717) is 5.69 Å². The number of pyridine rings is 1. The van der Waals surface area contributed by atoms with E-state index in [1.54, 1.807) is 30.3 Å². The highest BCUT2D eigenvalue weighted by Crippen LogP contribution is 2.23. The maximum atomic E-state index is 12.9. The Labute approximate surface area is 163 Å². The molecule has 29 heavy (non-hydrogen) atoms. The van der Waals surface area contributed by atoms with Crippen LogP contribution in [-0.4, -0.2) is 38.3 Å². The third-order valence-corrected chi connectivity index (χ3v) is 4.18. The SMILES string of the molecule is O=C(Nc1ccc(-c2ccc(F)nc2)cc1)O[C@@H]1COc2nc([N+](=O)[O-])cn2C1. The van der Waals surface area contributed by atoms with Crippen molar-refractivity contribution >= 4 is 17.6 Å². The quantitative estimate of drug-likeness (QED) is 0.407. The maximum absolute atomic E-state index is 12.9. The predicted molar refractivity (Wildman–Crippen MR) is 97.9 cm³/mol. The Hall–Kier alpha value is -4.02. The van der Waals surface area contributed by atoms with E-state index in [9.17, 15) is 19.3 Å². The van der Waals surface area contributed by atoms with Gasteiger partial charge in [-0.05, 0) is 34.8 Å². The second-order valence-corrected chi connectivity index (χ2v) is 6.20. The normalized spacial score (nSPS) is 15.1. The predicted octanol–water partition coefficient (Wildman–Crippen LogP) is 3.00. The molecule has 4 rings (SSSR count). The van der Waals surface area contributed by atoms with Crippen molar-refractivity contribution in [2.75, 3.05) is 11.9 Å². The molecule has 0 bridgehead atoms. The number of hydrogen-bond acceptors (Lipinski definition) is 7. The minimum absolute atomic E-state index is 0.0398. The van der Waals surface area contributed by atoms with Crippen molar-refractivity contribution in [1.29, 1.82) is 0 Å². The van der Waals surface area contributed by atoms with Gasteiger partial charge in [-0.25, -0.2) is 9.78 Å². The molecule has 148 valence electrons. The highest BCUT2D eigenvalue weighted by atomic mass is 19.1. The van der Waals surface area contributed by atoms with Crippen LogP contribution in [0.2, 0.25) is 0 Å². The van der Waals surface area contributed by atoms with Gasteiger partial charge < -0.3 is 19.6 Å². The number of imidazole rings is 1. The number of benzene rings is 1. The Morgan fingerprint density at radius 2 is 2.03 bits per heavy atom. The largest absolute Gasteiger partial charge is 0.442 e. The number of fused-ring (bicyclic) bond motifs is 1. The minimum atomic E-state index is -0.687. The Morgan fingerprint density at radius 3 is 2.72 bits per heavy atom. The zero-order chi connectivity index (χ0) is 20.4. The Bertz CT molecular complexity index is 1050. The van der Waals surface area contributed by atoms with E-state index in [2.05, 4.69) is 15.3 Å². The van der Waals surface area contributed by atoms with E-state index < -0.39 is 23.1 Å². The van der Waals surface area contributed by atoms with Crippen molar-refractivity contribution in [3.63, 3.8) is 0 Å². The van der Waals surface area contributed by atoms with Gasteiger partial charge in [0.05, 0.1) is 6.54 Å². The van der Waals surface area contributed by atoms with Crippen molar-refractivity contribution in [2.45, 2.75) is 12.6 Å². The number of carbonyl (C=O) groups excluding carboxylic acids is 1. The molecule has 10 nitrogen and oxygen atoms in total. The summed E-state index contributed by atoms with van der Waals surface area (Å²) in [5, 5.41) is 13.4. The highest BCUT2D eigenvalue weighted by Gasteiger charge is 2.29. The summed E-state index contributed by atoms with van der Waals surface area (Å²) in [6, 6.07) is 9.85. The van der Waals surface area contributed by atoms with E-state index in [4.69, 9.17) is 9.47 Å². The van der Waals surface area contributed by atoms with Crippen molar-refractivity contribution in [3.8, 4) is 17.1 Å². The van der Waals surface area contributed by atoms with Crippen LogP contribution in [0.4, 0.5) is 20.7 Å². The molecule has 0 unspecified atom stereocenters. The molecule has 3 aromatic rings. The molecule has 11 heteroatoms. The van der Waals surface area contributed by atoms with Gasteiger partial charge in [0.1, 0.15) is 12.8 Å². The van der Waals surface area contributed by atoms with E-state index in [1.165, 1.54) is 23.0 Å². The van der Waals surface area contributed by atoms with Crippen LogP contribution >= 0.6 is 0 Å². The molecule has 3 heterocycles. The highest BCUT2D eigenvalue weighted by molar-refractivity contribution is 5.85. The molecule has 0 radical (unpaired) electrons. The van der Waals surface area contributed by atoms with E-state index in [-0.39, 0.29) is 25.0 Å². The fraction of sp³-hybridized carbons (Fsp3) is 0.167. The van der Waals surface area contributed by atoms with Crippen LogP contribution in [0.25, 0.3) is 11.1 Å². The topological polar surface area (TPSA) is 121 Å². The second kappa shape index (κ2) is 7.54. The number of nitrogens with one attached hydrogen (secondary N) is 1. The van der Waals surface area contributed by atoms with Crippen LogP contribution in [0.1, 0.15) is 0 Å². The molecule has 2 aromatic heterocycles. The molecule has 1 amide bonds.